The fourth-order valence-electron chi connectivity index (χ4n) is 3.81. The van der Waals surface area contributed by atoms with Gasteiger partial charge in [-0.1, -0.05) is 11.6 Å². The van der Waals surface area contributed by atoms with Crippen LogP contribution in [0.1, 0.15) is 35.2 Å². The normalized spacial score (nSPS) is 17.9. The minimum absolute atomic E-state index is 0.00568. The molecule has 1 saturated heterocycles. The molecule has 0 aliphatic carbocycles. The molecular weight excluding hydrogens is 386 g/mol. The van der Waals surface area contributed by atoms with E-state index in [1.807, 2.05) is 6.92 Å². The monoisotopic (exact) mass is 403 g/mol. The van der Waals surface area contributed by atoms with Gasteiger partial charge in [0.15, 0.2) is 5.78 Å². The lowest BCUT2D eigenvalue weighted by molar-refractivity contribution is -0.383. The van der Waals surface area contributed by atoms with Crippen LogP contribution in [0, 0.1) is 17.0 Å². The van der Waals surface area contributed by atoms with Gasteiger partial charge in [0.1, 0.15) is 17.7 Å². The number of aryl methyl sites for hydroxylation is 1. The van der Waals surface area contributed by atoms with Crippen LogP contribution in [0.4, 0.5) is 17.3 Å². The highest BCUT2D eigenvalue weighted by Crippen LogP contribution is 2.42. The van der Waals surface area contributed by atoms with Crippen molar-refractivity contribution in [2.45, 2.75) is 31.8 Å². The van der Waals surface area contributed by atoms with E-state index in [1.165, 1.54) is 6.33 Å². The highest BCUT2D eigenvalue weighted by molar-refractivity contribution is 6.31. The van der Waals surface area contributed by atoms with Crippen LogP contribution < -0.4 is 15.4 Å². The van der Waals surface area contributed by atoms with Crippen LogP contribution in [0.15, 0.2) is 18.5 Å². The van der Waals surface area contributed by atoms with Crippen molar-refractivity contribution in [3.05, 3.63) is 44.7 Å². The summed E-state index contributed by atoms with van der Waals surface area (Å²) in [4.78, 5) is 33.0. The summed E-state index contributed by atoms with van der Waals surface area (Å²) in [6.45, 7) is 2.76. The Balaban J connectivity index is 1.58. The average Bonchev–Trinajstić information content (AvgIpc) is 2.64. The summed E-state index contributed by atoms with van der Waals surface area (Å²) < 4.78 is 6.25. The molecule has 10 heteroatoms. The SMILES string of the molecule is Cc1cc2c(cc1Cl)C(=O)CC1(CCN(c3ncnc(N)c3[N+](=O)[O-])CC1)O2. The summed E-state index contributed by atoms with van der Waals surface area (Å²) in [5.74, 6) is 0.566. The van der Waals surface area contributed by atoms with Crippen molar-refractivity contribution in [2.75, 3.05) is 23.7 Å². The van der Waals surface area contributed by atoms with Crippen molar-refractivity contribution in [3.63, 3.8) is 0 Å². The van der Waals surface area contributed by atoms with Gasteiger partial charge < -0.3 is 15.4 Å². The van der Waals surface area contributed by atoms with E-state index in [9.17, 15) is 14.9 Å². The Morgan fingerprint density at radius 3 is 2.71 bits per heavy atom. The summed E-state index contributed by atoms with van der Waals surface area (Å²) in [6.07, 6.45) is 2.52. The van der Waals surface area contributed by atoms with Gasteiger partial charge in [-0.05, 0) is 24.6 Å². The summed E-state index contributed by atoms with van der Waals surface area (Å²) in [5.41, 5.74) is 6.08. The van der Waals surface area contributed by atoms with Gasteiger partial charge in [0.25, 0.3) is 0 Å². The zero-order chi connectivity index (χ0) is 20.1. The van der Waals surface area contributed by atoms with E-state index in [1.54, 1.807) is 17.0 Å². The van der Waals surface area contributed by atoms with E-state index in [2.05, 4.69) is 9.97 Å². The van der Waals surface area contributed by atoms with E-state index >= 15 is 0 Å². The molecule has 2 aliphatic heterocycles. The number of Topliss-reactive ketones (excluding diaryl/α,β-unsaturated/α-hetero) is 1. The predicted molar refractivity (Wildman–Crippen MR) is 103 cm³/mol. The van der Waals surface area contributed by atoms with Crippen molar-refractivity contribution >= 4 is 34.7 Å². The van der Waals surface area contributed by atoms with Gasteiger partial charge in [-0.15, -0.1) is 0 Å². The van der Waals surface area contributed by atoms with Crippen LogP contribution >= 0.6 is 11.6 Å². The third-order valence-corrected chi connectivity index (χ3v) is 5.77. The number of halogens is 1. The first kappa shape index (κ1) is 18.4. The first-order valence-corrected chi connectivity index (χ1v) is 9.20. The van der Waals surface area contributed by atoms with Crippen LogP contribution in [-0.4, -0.2) is 39.4 Å². The number of piperidine rings is 1. The van der Waals surface area contributed by atoms with E-state index in [-0.39, 0.29) is 29.5 Å². The molecule has 2 aromatic rings. The molecule has 2 aliphatic rings. The zero-order valence-corrected chi connectivity index (χ0v) is 15.9. The smallest absolute Gasteiger partial charge is 0.353 e. The second-order valence-electron chi connectivity index (χ2n) is 7.16. The van der Waals surface area contributed by atoms with Gasteiger partial charge in [0, 0.05) is 31.0 Å². The number of nitrogen functional groups attached to an aromatic ring is 1. The van der Waals surface area contributed by atoms with Crippen LogP contribution in [-0.2, 0) is 0 Å². The molecule has 0 amide bonds. The number of carbonyl (C=O) groups excluding carboxylic acids is 1. The van der Waals surface area contributed by atoms with Gasteiger partial charge in [0.2, 0.25) is 11.6 Å². The molecule has 1 fully saturated rings. The standard InChI is InChI=1S/C18H18ClN5O4/c1-10-6-14-11(7-12(10)19)13(25)8-18(28-14)2-4-23(5-3-18)17-15(24(26)27)16(20)21-9-22-17/h6-7,9H,2-5,8H2,1H3,(H2,20,21,22). The molecule has 0 radical (unpaired) electrons. The van der Waals surface area contributed by atoms with Crippen molar-refractivity contribution in [1.82, 2.24) is 9.97 Å². The zero-order valence-electron chi connectivity index (χ0n) is 15.1. The average molecular weight is 404 g/mol. The fourth-order valence-corrected chi connectivity index (χ4v) is 3.97. The summed E-state index contributed by atoms with van der Waals surface area (Å²) >= 11 is 6.14. The lowest BCUT2D eigenvalue weighted by atomic mass is 9.82. The maximum absolute atomic E-state index is 12.7. The molecule has 1 aromatic carbocycles. The molecule has 146 valence electrons. The Morgan fingerprint density at radius 2 is 2.04 bits per heavy atom. The van der Waals surface area contributed by atoms with Gasteiger partial charge >= 0.3 is 5.69 Å². The number of aromatic nitrogens is 2. The number of benzene rings is 1. The molecule has 2 N–H and O–H groups in total. The Labute approximate surface area is 165 Å². The van der Waals surface area contributed by atoms with Gasteiger partial charge in [-0.3, -0.25) is 14.9 Å². The lowest BCUT2D eigenvalue weighted by Gasteiger charge is -2.44. The fraction of sp³-hybridized carbons (Fsp3) is 0.389. The third kappa shape index (κ3) is 3.01. The number of fused-ring (bicyclic) bond motifs is 1. The van der Waals surface area contributed by atoms with Crippen LogP contribution in [0.3, 0.4) is 0 Å². The first-order valence-electron chi connectivity index (χ1n) is 8.82. The number of anilines is 2. The molecule has 0 atom stereocenters. The summed E-state index contributed by atoms with van der Waals surface area (Å²) in [7, 11) is 0. The Bertz CT molecular complexity index is 988. The van der Waals surface area contributed by atoms with Gasteiger partial charge in [-0.25, -0.2) is 9.97 Å². The Kier molecular flexibility index (Phi) is 4.34. The van der Waals surface area contributed by atoms with E-state index in [0.717, 1.165) is 5.56 Å². The predicted octanol–water partition coefficient (Wildman–Crippen LogP) is 2.93. The topological polar surface area (TPSA) is 124 Å². The first-order chi connectivity index (χ1) is 13.3. The van der Waals surface area contributed by atoms with Crippen molar-refractivity contribution in [3.8, 4) is 5.75 Å². The maximum Gasteiger partial charge on any atom is 0.353 e. The number of hydrogen-bond acceptors (Lipinski definition) is 8. The minimum atomic E-state index is -0.631. The molecular formula is C18H18ClN5O4. The highest BCUT2D eigenvalue weighted by Gasteiger charge is 2.44. The molecule has 28 heavy (non-hydrogen) atoms. The quantitative estimate of drug-likeness (QED) is 0.599. The van der Waals surface area contributed by atoms with Crippen molar-refractivity contribution < 1.29 is 14.5 Å². The highest BCUT2D eigenvalue weighted by atomic mass is 35.5. The minimum Gasteiger partial charge on any atom is -0.486 e. The molecule has 1 spiro atoms. The second-order valence-corrected chi connectivity index (χ2v) is 7.57. The largest absolute Gasteiger partial charge is 0.486 e. The maximum atomic E-state index is 12.7. The molecule has 0 unspecified atom stereocenters. The number of nitrogens with zero attached hydrogens (tertiary/aromatic N) is 4. The van der Waals surface area contributed by atoms with Crippen LogP contribution in [0.5, 0.6) is 5.75 Å². The number of rotatable bonds is 2. The number of carbonyl (C=O) groups is 1. The molecule has 4 rings (SSSR count). The molecule has 9 nitrogen and oxygen atoms in total. The number of hydrogen-bond donors (Lipinski definition) is 1. The summed E-state index contributed by atoms with van der Waals surface area (Å²) in [5, 5.41) is 11.9. The number of nitrogens with two attached hydrogens (primary N) is 1. The van der Waals surface area contributed by atoms with Crippen LogP contribution in [0.25, 0.3) is 0 Å². The van der Waals surface area contributed by atoms with E-state index in [0.29, 0.717) is 42.3 Å². The molecule has 1 aromatic heterocycles. The second kappa shape index (κ2) is 6.59. The number of ether oxygens (including phenoxy) is 1. The number of ketones is 1. The van der Waals surface area contributed by atoms with Crippen LogP contribution in [0.2, 0.25) is 5.02 Å². The van der Waals surface area contributed by atoms with E-state index < -0.39 is 10.5 Å². The Morgan fingerprint density at radius 1 is 1.32 bits per heavy atom. The van der Waals surface area contributed by atoms with Crippen molar-refractivity contribution in [2.24, 2.45) is 0 Å². The summed E-state index contributed by atoms with van der Waals surface area (Å²) in [6, 6.07) is 3.45. The molecule has 0 bridgehead atoms. The van der Waals surface area contributed by atoms with Gasteiger partial charge in [0.05, 0.1) is 16.9 Å². The Hall–Kier alpha value is -2.94. The third-order valence-electron chi connectivity index (χ3n) is 5.36. The number of nitro groups is 1. The van der Waals surface area contributed by atoms with E-state index in [4.69, 9.17) is 22.1 Å². The lowest BCUT2D eigenvalue weighted by Crippen LogP contribution is -2.51. The molecule has 0 saturated carbocycles. The van der Waals surface area contributed by atoms with Crippen molar-refractivity contribution in [1.29, 1.82) is 0 Å². The molecule has 3 heterocycles. The van der Waals surface area contributed by atoms with Gasteiger partial charge in [-0.2, -0.15) is 0 Å².